The second-order valence-electron chi connectivity index (χ2n) is 5.82. The van der Waals surface area contributed by atoms with Crippen LogP contribution in [0.2, 0.25) is 0 Å². The summed E-state index contributed by atoms with van der Waals surface area (Å²) in [6.07, 6.45) is 6.90. The third-order valence-corrected chi connectivity index (χ3v) is 3.65. The molecule has 14 heavy (non-hydrogen) atoms. The van der Waals surface area contributed by atoms with Gasteiger partial charge in [-0.15, -0.1) is 0 Å². The minimum atomic E-state index is 0.327. The van der Waals surface area contributed by atoms with Gasteiger partial charge in [0.1, 0.15) is 0 Å². The molecule has 0 radical (unpaired) electrons. The van der Waals surface area contributed by atoms with Crippen LogP contribution in [-0.4, -0.2) is 34.0 Å². The Bertz CT molecular complexity index is 229. The Labute approximate surface area is 87.6 Å². The van der Waals surface area contributed by atoms with Gasteiger partial charge in [0.05, 0.1) is 0 Å². The van der Waals surface area contributed by atoms with E-state index in [1.807, 2.05) is 0 Å². The van der Waals surface area contributed by atoms with Gasteiger partial charge in [-0.05, 0) is 40.5 Å². The molecule has 0 aromatic heterocycles. The molecule has 2 rings (SSSR count). The van der Waals surface area contributed by atoms with Crippen LogP contribution in [0.25, 0.3) is 0 Å². The smallest absolute Gasteiger partial charge is 0.0385 e. The van der Waals surface area contributed by atoms with E-state index in [4.69, 9.17) is 0 Å². The second-order valence-corrected chi connectivity index (χ2v) is 5.82. The molecule has 2 nitrogen and oxygen atoms in total. The SMILES string of the molecule is CC(C)(CCC(C)(C)N1CC1)N1C=C1. The van der Waals surface area contributed by atoms with Crippen molar-refractivity contribution in [3.63, 3.8) is 0 Å². The third-order valence-electron chi connectivity index (χ3n) is 3.65. The molecule has 80 valence electrons. The van der Waals surface area contributed by atoms with E-state index < -0.39 is 0 Å². The Hall–Kier alpha value is -0.500. The van der Waals surface area contributed by atoms with Crippen LogP contribution in [-0.2, 0) is 0 Å². The normalized spacial score (nSPS) is 21.6. The summed E-state index contributed by atoms with van der Waals surface area (Å²) < 4.78 is 0. The Morgan fingerprint density at radius 2 is 1.43 bits per heavy atom. The standard InChI is InChI=1S/C12H22N2/c1-11(2,13-7-8-13)5-6-12(3,4)14-9-10-14/h7-8H,5-6,9-10H2,1-4H3. The van der Waals surface area contributed by atoms with E-state index in [1.165, 1.54) is 25.9 Å². The molecule has 0 N–H and O–H groups in total. The Kier molecular flexibility index (Phi) is 2.15. The lowest BCUT2D eigenvalue weighted by atomic mass is 9.89. The fourth-order valence-corrected chi connectivity index (χ4v) is 1.99. The van der Waals surface area contributed by atoms with Crippen molar-refractivity contribution >= 4 is 0 Å². The molecule has 0 amide bonds. The van der Waals surface area contributed by atoms with Gasteiger partial charge in [-0.3, -0.25) is 4.90 Å². The first-order valence-electron chi connectivity index (χ1n) is 5.64. The predicted molar refractivity (Wildman–Crippen MR) is 59.9 cm³/mol. The fourth-order valence-electron chi connectivity index (χ4n) is 1.99. The zero-order valence-corrected chi connectivity index (χ0v) is 9.88. The van der Waals surface area contributed by atoms with Crippen molar-refractivity contribution in [3.05, 3.63) is 12.4 Å². The average molecular weight is 194 g/mol. The van der Waals surface area contributed by atoms with Crippen molar-refractivity contribution < 1.29 is 0 Å². The average Bonchev–Trinajstić information content (AvgIpc) is 2.85. The molecule has 2 aliphatic rings. The third kappa shape index (κ3) is 2.11. The maximum absolute atomic E-state index is 2.55. The first kappa shape index (κ1) is 10.0. The van der Waals surface area contributed by atoms with Gasteiger partial charge < -0.3 is 4.90 Å². The largest absolute Gasteiger partial charge is 0.346 e. The predicted octanol–water partition coefficient (Wildman–Crippen LogP) is 2.43. The van der Waals surface area contributed by atoms with Gasteiger partial charge in [-0.25, -0.2) is 0 Å². The molecule has 1 fully saturated rings. The van der Waals surface area contributed by atoms with Crippen molar-refractivity contribution in [2.45, 2.75) is 51.6 Å². The molecule has 0 unspecified atom stereocenters. The Morgan fingerprint density at radius 3 is 1.86 bits per heavy atom. The highest BCUT2D eigenvalue weighted by atomic mass is 15.3. The maximum atomic E-state index is 2.55. The zero-order valence-electron chi connectivity index (χ0n) is 9.88. The lowest BCUT2D eigenvalue weighted by molar-refractivity contribution is 0.198. The van der Waals surface area contributed by atoms with Crippen LogP contribution in [0.5, 0.6) is 0 Å². The van der Waals surface area contributed by atoms with E-state index in [9.17, 15) is 0 Å². The van der Waals surface area contributed by atoms with E-state index >= 15 is 0 Å². The molecule has 2 heterocycles. The summed E-state index contributed by atoms with van der Waals surface area (Å²) in [4.78, 5) is 4.88. The van der Waals surface area contributed by atoms with Crippen LogP contribution >= 0.6 is 0 Å². The maximum Gasteiger partial charge on any atom is 0.0385 e. The van der Waals surface area contributed by atoms with Crippen LogP contribution in [0.3, 0.4) is 0 Å². The number of hydrogen-bond donors (Lipinski definition) is 0. The molecule has 2 heteroatoms. The summed E-state index contributed by atoms with van der Waals surface area (Å²) in [5.74, 6) is 0. The zero-order chi connectivity index (χ0) is 10.4. The highest BCUT2D eigenvalue weighted by Crippen LogP contribution is 2.33. The summed E-state index contributed by atoms with van der Waals surface area (Å²) in [7, 11) is 0. The van der Waals surface area contributed by atoms with Crippen molar-refractivity contribution in [2.24, 2.45) is 0 Å². The number of rotatable bonds is 5. The van der Waals surface area contributed by atoms with Gasteiger partial charge in [0.2, 0.25) is 0 Å². The molecule has 0 atom stereocenters. The summed E-state index contributed by atoms with van der Waals surface area (Å²) in [6.45, 7) is 12.0. The van der Waals surface area contributed by atoms with Crippen LogP contribution < -0.4 is 0 Å². The lowest BCUT2D eigenvalue weighted by Gasteiger charge is -2.33. The van der Waals surface area contributed by atoms with Gasteiger partial charge in [0.25, 0.3) is 0 Å². The molecule has 0 spiro atoms. The van der Waals surface area contributed by atoms with Crippen molar-refractivity contribution in [2.75, 3.05) is 13.1 Å². The minimum absolute atomic E-state index is 0.327. The molecular formula is C12H22N2. The van der Waals surface area contributed by atoms with Crippen molar-refractivity contribution in [1.29, 1.82) is 0 Å². The summed E-state index contributed by atoms with van der Waals surface area (Å²) in [6, 6.07) is 0. The van der Waals surface area contributed by atoms with E-state index in [1.54, 1.807) is 0 Å². The van der Waals surface area contributed by atoms with E-state index in [0.717, 1.165) is 0 Å². The van der Waals surface area contributed by atoms with Gasteiger partial charge in [-0.1, -0.05) is 0 Å². The molecule has 0 bridgehead atoms. The van der Waals surface area contributed by atoms with Crippen LogP contribution in [0.15, 0.2) is 12.4 Å². The lowest BCUT2D eigenvalue weighted by Crippen LogP contribution is -2.37. The number of hydrogen-bond acceptors (Lipinski definition) is 2. The molecule has 0 aromatic rings. The first-order valence-corrected chi connectivity index (χ1v) is 5.64. The molecule has 0 saturated carbocycles. The van der Waals surface area contributed by atoms with Crippen LogP contribution in [0, 0.1) is 0 Å². The van der Waals surface area contributed by atoms with E-state index in [-0.39, 0.29) is 0 Å². The highest BCUT2D eigenvalue weighted by Gasteiger charge is 2.37. The summed E-state index contributed by atoms with van der Waals surface area (Å²) in [5, 5.41) is 0. The van der Waals surface area contributed by atoms with E-state index in [2.05, 4.69) is 49.9 Å². The summed E-state index contributed by atoms with van der Waals surface area (Å²) >= 11 is 0. The second kappa shape index (κ2) is 2.99. The topological polar surface area (TPSA) is 6.02 Å². The van der Waals surface area contributed by atoms with Gasteiger partial charge >= 0.3 is 0 Å². The quantitative estimate of drug-likeness (QED) is 0.620. The van der Waals surface area contributed by atoms with Gasteiger partial charge in [-0.2, -0.15) is 0 Å². The number of nitrogens with zero attached hydrogens (tertiary/aromatic N) is 2. The molecular weight excluding hydrogens is 172 g/mol. The van der Waals surface area contributed by atoms with Crippen LogP contribution in [0.4, 0.5) is 0 Å². The molecule has 2 aliphatic heterocycles. The van der Waals surface area contributed by atoms with E-state index in [0.29, 0.717) is 11.1 Å². The fraction of sp³-hybridized carbons (Fsp3) is 0.833. The summed E-state index contributed by atoms with van der Waals surface area (Å²) in [5.41, 5.74) is 0.737. The Morgan fingerprint density at radius 1 is 0.929 bits per heavy atom. The van der Waals surface area contributed by atoms with Gasteiger partial charge in [0.15, 0.2) is 0 Å². The molecule has 1 saturated heterocycles. The molecule has 0 aromatic carbocycles. The van der Waals surface area contributed by atoms with Crippen molar-refractivity contribution in [3.8, 4) is 0 Å². The first-order chi connectivity index (χ1) is 6.42. The van der Waals surface area contributed by atoms with Crippen LogP contribution in [0.1, 0.15) is 40.5 Å². The molecule has 0 aliphatic carbocycles. The highest BCUT2D eigenvalue weighted by molar-refractivity contribution is 5.09. The van der Waals surface area contributed by atoms with Crippen molar-refractivity contribution in [1.82, 2.24) is 9.80 Å². The monoisotopic (exact) mass is 194 g/mol. The van der Waals surface area contributed by atoms with Gasteiger partial charge in [0, 0.05) is 36.6 Å². The minimum Gasteiger partial charge on any atom is -0.346 e. The Balaban J connectivity index is 1.80.